The van der Waals surface area contributed by atoms with Crippen LogP contribution in [0.3, 0.4) is 0 Å². The van der Waals surface area contributed by atoms with Crippen LogP contribution in [0.5, 0.6) is 0 Å². The van der Waals surface area contributed by atoms with Gasteiger partial charge >= 0.3 is 5.97 Å². The summed E-state index contributed by atoms with van der Waals surface area (Å²) < 4.78 is 0. The van der Waals surface area contributed by atoms with Crippen molar-refractivity contribution in [2.24, 2.45) is 11.8 Å². The molecule has 2 saturated heterocycles. The van der Waals surface area contributed by atoms with E-state index in [1.807, 2.05) is 30.3 Å². The van der Waals surface area contributed by atoms with E-state index in [1.54, 1.807) is 9.80 Å². The number of likely N-dealkylation sites (tertiary alicyclic amines) is 2. The molecule has 2 atom stereocenters. The average Bonchev–Trinajstić information content (AvgIpc) is 3.01. The largest absolute Gasteiger partial charge is 0.481 e. The van der Waals surface area contributed by atoms with E-state index >= 15 is 0 Å². The number of piperidine rings is 1. The molecular weight excluding hydrogens is 320 g/mol. The van der Waals surface area contributed by atoms with E-state index in [4.69, 9.17) is 5.11 Å². The van der Waals surface area contributed by atoms with Crippen molar-refractivity contribution in [3.63, 3.8) is 0 Å². The number of rotatable bonds is 5. The fraction of sp³-hybridized carbons (Fsp3) is 0.526. The Morgan fingerprint density at radius 3 is 2.60 bits per heavy atom. The number of hydrogen-bond acceptors (Lipinski definition) is 3. The van der Waals surface area contributed by atoms with Crippen LogP contribution in [0.1, 0.15) is 24.8 Å². The van der Waals surface area contributed by atoms with Crippen LogP contribution in [-0.2, 0) is 20.8 Å². The standard InChI is InChI=1S/C19H24N2O4/c22-17-11-16(13-20(17)10-8-14-5-2-1-3-6-14)18(23)21-9-4-7-15(12-21)19(24)25/h1-3,5-6,15-16H,4,7-13H2,(H,24,25)/t15-,16-/m1/s1. The van der Waals surface area contributed by atoms with E-state index in [9.17, 15) is 14.4 Å². The lowest BCUT2D eigenvalue weighted by Gasteiger charge is -2.32. The zero-order chi connectivity index (χ0) is 17.8. The molecule has 2 fully saturated rings. The summed E-state index contributed by atoms with van der Waals surface area (Å²) in [7, 11) is 0. The minimum atomic E-state index is -0.843. The van der Waals surface area contributed by atoms with Crippen molar-refractivity contribution < 1.29 is 19.5 Å². The van der Waals surface area contributed by atoms with E-state index in [2.05, 4.69) is 0 Å². The Morgan fingerprint density at radius 1 is 1.12 bits per heavy atom. The quantitative estimate of drug-likeness (QED) is 0.876. The molecule has 0 unspecified atom stereocenters. The van der Waals surface area contributed by atoms with Gasteiger partial charge in [0.15, 0.2) is 0 Å². The molecule has 2 amide bonds. The van der Waals surface area contributed by atoms with Crippen molar-refractivity contribution in [2.75, 3.05) is 26.2 Å². The van der Waals surface area contributed by atoms with Crippen LogP contribution in [-0.4, -0.2) is 58.9 Å². The second-order valence-electron chi connectivity index (χ2n) is 6.94. The Morgan fingerprint density at radius 2 is 1.88 bits per heavy atom. The number of carboxylic acid groups (broad SMARTS) is 1. The molecule has 6 heteroatoms. The Hall–Kier alpha value is -2.37. The lowest BCUT2D eigenvalue weighted by molar-refractivity contribution is -0.146. The first kappa shape index (κ1) is 17.5. The second kappa shape index (κ2) is 7.68. The average molecular weight is 344 g/mol. The number of hydrogen-bond donors (Lipinski definition) is 1. The summed E-state index contributed by atoms with van der Waals surface area (Å²) >= 11 is 0. The normalized spacial score (nSPS) is 23.8. The molecule has 1 N–H and O–H groups in total. The van der Waals surface area contributed by atoms with Gasteiger partial charge in [-0.25, -0.2) is 0 Å². The molecule has 0 aromatic heterocycles. The number of carbonyl (C=O) groups excluding carboxylic acids is 2. The van der Waals surface area contributed by atoms with E-state index in [0.29, 0.717) is 32.5 Å². The van der Waals surface area contributed by atoms with Crippen molar-refractivity contribution >= 4 is 17.8 Å². The molecule has 25 heavy (non-hydrogen) atoms. The third kappa shape index (κ3) is 4.18. The lowest BCUT2D eigenvalue weighted by Crippen LogP contribution is -2.45. The zero-order valence-electron chi connectivity index (χ0n) is 14.3. The third-order valence-electron chi connectivity index (χ3n) is 5.16. The highest BCUT2D eigenvalue weighted by molar-refractivity contribution is 5.89. The van der Waals surface area contributed by atoms with E-state index < -0.39 is 11.9 Å². The first-order chi connectivity index (χ1) is 12.0. The summed E-state index contributed by atoms with van der Waals surface area (Å²) in [6.07, 6.45) is 2.34. The minimum Gasteiger partial charge on any atom is -0.481 e. The molecule has 0 saturated carbocycles. The molecule has 0 spiro atoms. The number of benzene rings is 1. The third-order valence-corrected chi connectivity index (χ3v) is 5.16. The van der Waals surface area contributed by atoms with Crippen molar-refractivity contribution in [2.45, 2.75) is 25.7 Å². The number of carbonyl (C=O) groups is 3. The van der Waals surface area contributed by atoms with Gasteiger partial charge in [0.2, 0.25) is 11.8 Å². The topological polar surface area (TPSA) is 77.9 Å². The molecule has 134 valence electrons. The van der Waals surface area contributed by atoms with Crippen LogP contribution < -0.4 is 0 Å². The Bertz CT molecular complexity index is 646. The number of carboxylic acids is 1. The van der Waals surface area contributed by atoms with Gasteiger partial charge in [0.05, 0.1) is 11.8 Å². The van der Waals surface area contributed by atoms with Crippen molar-refractivity contribution in [3.05, 3.63) is 35.9 Å². The van der Waals surface area contributed by atoms with Gasteiger partial charge in [-0.15, -0.1) is 0 Å². The summed E-state index contributed by atoms with van der Waals surface area (Å²) in [6.45, 7) is 1.92. The Labute approximate surface area is 147 Å². The van der Waals surface area contributed by atoms with Crippen LogP contribution in [0.15, 0.2) is 30.3 Å². The molecule has 6 nitrogen and oxygen atoms in total. The second-order valence-corrected chi connectivity index (χ2v) is 6.94. The fourth-order valence-electron chi connectivity index (χ4n) is 3.70. The molecule has 3 rings (SSSR count). The van der Waals surface area contributed by atoms with E-state index in [0.717, 1.165) is 6.42 Å². The molecule has 2 heterocycles. The van der Waals surface area contributed by atoms with Gasteiger partial charge in [0.1, 0.15) is 0 Å². The van der Waals surface area contributed by atoms with Gasteiger partial charge in [-0.2, -0.15) is 0 Å². The van der Waals surface area contributed by atoms with Crippen molar-refractivity contribution in [1.29, 1.82) is 0 Å². The number of nitrogens with zero attached hydrogens (tertiary/aromatic N) is 2. The van der Waals surface area contributed by atoms with Crippen molar-refractivity contribution in [1.82, 2.24) is 9.80 Å². The molecule has 0 aliphatic carbocycles. The summed E-state index contributed by atoms with van der Waals surface area (Å²) in [4.78, 5) is 39.5. The molecular formula is C19H24N2O4. The molecule has 2 aliphatic rings. The minimum absolute atomic E-state index is 0.0149. The summed E-state index contributed by atoms with van der Waals surface area (Å²) in [5, 5.41) is 9.17. The van der Waals surface area contributed by atoms with Crippen LogP contribution in [0.2, 0.25) is 0 Å². The molecule has 1 aromatic carbocycles. The Balaban J connectivity index is 1.54. The predicted octanol–water partition coefficient (Wildman–Crippen LogP) is 1.40. The van der Waals surface area contributed by atoms with Crippen LogP contribution >= 0.6 is 0 Å². The number of amides is 2. The molecule has 0 radical (unpaired) electrons. The first-order valence-corrected chi connectivity index (χ1v) is 8.88. The van der Waals surface area contributed by atoms with Gasteiger partial charge in [0.25, 0.3) is 0 Å². The van der Waals surface area contributed by atoms with Gasteiger partial charge in [-0.05, 0) is 24.8 Å². The SMILES string of the molecule is O=C(O)[C@@H]1CCCN(C(=O)[C@@H]2CC(=O)N(CCc3ccccc3)C2)C1. The molecule has 1 aromatic rings. The summed E-state index contributed by atoms with van der Waals surface area (Å²) in [5.41, 5.74) is 1.17. The molecule has 2 aliphatic heterocycles. The lowest BCUT2D eigenvalue weighted by atomic mass is 9.96. The monoisotopic (exact) mass is 344 g/mol. The predicted molar refractivity (Wildman–Crippen MR) is 91.8 cm³/mol. The number of aliphatic carboxylic acids is 1. The fourth-order valence-corrected chi connectivity index (χ4v) is 3.70. The van der Waals surface area contributed by atoms with Gasteiger partial charge < -0.3 is 14.9 Å². The van der Waals surface area contributed by atoms with Crippen LogP contribution in [0, 0.1) is 11.8 Å². The van der Waals surface area contributed by atoms with Gasteiger partial charge in [-0.1, -0.05) is 30.3 Å². The highest BCUT2D eigenvalue weighted by atomic mass is 16.4. The summed E-state index contributed by atoms with van der Waals surface area (Å²) in [5.74, 6) is -1.72. The summed E-state index contributed by atoms with van der Waals surface area (Å²) in [6, 6.07) is 9.97. The molecule has 0 bridgehead atoms. The zero-order valence-corrected chi connectivity index (χ0v) is 14.3. The maximum atomic E-state index is 12.7. The van der Waals surface area contributed by atoms with Crippen LogP contribution in [0.25, 0.3) is 0 Å². The van der Waals surface area contributed by atoms with Gasteiger partial charge in [-0.3, -0.25) is 14.4 Å². The highest BCUT2D eigenvalue weighted by Crippen LogP contribution is 2.24. The van der Waals surface area contributed by atoms with E-state index in [-0.39, 0.29) is 30.7 Å². The maximum Gasteiger partial charge on any atom is 0.308 e. The maximum absolute atomic E-state index is 12.7. The van der Waals surface area contributed by atoms with Crippen LogP contribution in [0.4, 0.5) is 0 Å². The van der Waals surface area contributed by atoms with Crippen molar-refractivity contribution in [3.8, 4) is 0 Å². The van der Waals surface area contributed by atoms with E-state index in [1.165, 1.54) is 5.56 Å². The highest BCUT2D eigenvalue weighted by Gasteiger charge is 2.38. The first-order valence-electron chi connectivity index (χ1n) is 8.88. The smallest absolute Gasteiger partial charge is 0.308 e. The Kier molecular flexibility index (Phi) is 5.36. The van der Waals surface area contributed by atoms with Gasteiger partial charge in [0, 0.05) is 32.6 Å².